The van der Waals surface area contributed by atoms with Crippen LogP contribution in [-0.4, -0.2) is 36.4 Å². The van der Waals surface area contributed by atoms with E-state index in [-0.39, 0.29) is 5.41 Å². The first kappa shape index (κ1) is 35.1. The lowest BCUT2D eigenvalue weighted by molar-refractivity contribution is 0.217. The monoisotopic (exact) mass is 696 g/mol. The van der Waals surface area contributed by atoms with E-state index in [9.17, 15) is 0 Å². The van der Waals surface area contributed by atoms with E-state index < -0.39 is 13.4 Å². The first-order valence-electron chi connectivity index (χ1n) is 11.4. The van der Waals surface area contributed by atoms with Gasteiger partial charge < -0.3 is 9.05 Å². The lowest BCUT2D eigenvalue weighted by Gasteiger charge is -2.21. The summed E-state index contributed by atoms with van der Waals surface area (Å²) in [6, 6.07) is 3.21. The number of hydrogen-bond donors (Lipinski definition) is 0. The van der Waals surface area contributed by atoms with Crippen molar-refractivity contribution in [2.24, 2.45) is 0 Å². The summed E-state index contributed by atoms with van der Waals surface area (Å²) in [6.07, 6.45) is 3.21. The molecule has 0 N–H and O–H groups in total. The highest BCUT2D eigenvalue weighted by atomic mass is 79.9. The highest BCUT2D eigenvalue weighted by Crippen LogP contribution is 2.52. The van der Waals surface area contributed by atoms with E-state index in [2.05, 4.69) is 25.9 Å². The van der Waals surface area contributed by atoms with E-state index in [0.717, 1.165) is 5.82 Å². The Kier molecular flexibility index (Phi) is 15.6. The number of halogens is 3. The van der Waals surface area contributed by atoms with E-state index in [1.54, 1.807) is 24.5 Å². The predicted molar refractivity (Wildman–Crippen MR) is 161 cm³/mol. The molecule has 0 fully saturated rings. The molecule has 15 heteroatoms. The number of nitrogens with zero attached hydrogens (tertiary/aromatic N) is 2. The fourth-order valence-corrected chi connectivity index (χ4v) is 7.40. The summed E-state index contributed by atoms with van der Waals surface area (Å²) < 4.78 is 33.4. The van der Waals surface area contributed by atoms with Gasteiger partial charge >= 0.3 is 13.4 Å². The molecule has 0 unspecified atom stereocenters. The third-order valence-electron chi connectivity index (χ3n) is 3.85. The summed E-state index contributed by atoms with van der Waals surface area (Å²) in [4.78, 5) is 8.56. The molecule has 2 rings (SSSR count). The molecule has 1 heterocycles. The van der Waals surface area contributed by atoms with Crippen LogP contribution in [-0.2, 0) is 47.1 Å². The third kappa shape index (κ3) is 12.4. The maximum absolute atomic E-state index is 6.05. The standard InChI is InChI=1S/C12H21N2O3PS.C10H12BrCl2O3PS/c1-6-15-18(19,16-7-2)17-10-8-13-11(14-9-10)12(3,4)5;1-3-14-17(18,15-4-2)16-10-6-8(12)7(11)5-9(10)13/h8-9H,6-7H2,1-5H3;5-6H,3-4H2,1-2H3. The van der Waals surface area contributed by atoms with Crippen molar-refractivity contribution in [2.75, 3.05) is 26.4 Å². The summed E-state index contributed by atoms with van der Waals surface area (Å²) in [5.74, 6) is 1.58. The Bertz CT molecular complexity index is 1070. The second-order valence-electron chi connectivity index (χ2n) is 7.94. The quantitative estimate of drug-likeness (QED) is 0.158. The molecule has 0 aliphatic heterocycles. The molecular formula is C22H33BrCl2N2O6P2S2. The van der Waals surface area contributed by atoms with Crippen molar-refractivity contribution < 1.29 is 27.1 Å². The summed E-state index contributed by atoms with van der Waals surface area (Å²) >= 11 is 25.8. The molecule has 210 valence electrons. The van der Waals surface area contributed by atoms with Crippen LogP contribution in [0.15, 0.2) is 29.0 Å². The van der Waals surface area contributed by atoms with Gasteiger partial charge in [0.2, 0.25) is 0 Å². The van der Waals surface area contributed by atoms with Crippen LogP contribution in [0.2, 0.25) is 10.0 Å². The average molecular weight is 698 g/mol. The smallest absolute Gasteiger partial charge is 0.380 e. The zero-order valence-corrected chi connectivity index (χ0v) is 28.3. The Balaban J connectivity index is 0.000000371. The van der Waals surface area contributed by atoms with Crippen LogP contribution in [0, 0.1) is 0 Å². The predicted octanol–water partition coefficient (Wildman–Crippen LogP) is 8.88. The van der Waals surface area contributed by atoms with Gasteiger partial charge in [0.1, 0.15) is 11.6 Å². The molecule has 0 saturated heterocycles. The topological polar surface area (TPSA) is 81.2 Å². The largest absolute Gasteiger partial charge is 0.422 e. The van der Waals surface area contributed by atoms with Gasteiger partial charge in [-0.3, -0.25) is 18.1 Å². The minimum Gasteiger partial charge on any atom is -0.422 e. The Morgan fingerprint density at radius 3 is 1.62 bits per heavy atom. The summed E-state index contributed by atoms with van der Waals surface area (Å²) in [5.41, 5.74) is -0.0986. The van der Waals surface area contributed by atoms with Gasteiger partial charge in [0.05, 0.1) is 48.9 Å². The van der Waals surface area contributed by atoms with Crippen molar-refractivity contribution in [2.45, 2.75) is 53.9 Å². The molecule has 1 aromatic carbocycles. The van der Waals surface area contributed by atoms with E-state index in [0.29, 0.717) is 52.4 Å². The van der Waals surface area contributed by atoms with Gasteiger partial charge in [-0.25, -0.2) is 9.97 Å². The van der Waals surface area contributed by atoms with Crippen molar-refractivity contribution in [3.05, 3.63) is 44.9 Å². The molecule has 2 aromatic rings. The zero-order valence-electron chi connectivity index (χ0n) is 21.8. The van der Waals surface area contributed by atoms with Gasteiger partial charge in [-0.15, -0.1) is 0 Å². The number of aromatic nitrogens is 2. The van der Waals surface area contributed by atoms with Crippen LogP contribution in [0.4, 0.5) is 0 Å². The SMILES string of the molecule is CCOP(=S)(OCC)Oc1cc(Cl)c(Br)cc1Cl.CCOP(=S)(OCC)Oc1cnc(C(C)(C)C)nc1. The summed E-state index contributed by atoms with van der Waals surface area (Å²) in [5, 5.41) is 0.865. The highest BCUT2D eigenvalue weighted by Gasteiger charge is 2.24. The maximum Gasteiger partial charge on any atom is 0.380 e. The maximum atomic E-state index is 6.05. The van der Waals surface area contributed by atoms with Crippen molar-refractivity contribution in [1.82, 2.24) is 9.97 Å². The van der Waals surface area contributed by atoms with Crippen molar-refractivity contribution in [3.8, 4) is 11.5 Å². The van der Waals surface area contributed by atoms with E-state index in [1.165, 1.54) is 0 Å². The van der Waals surface area contributed by atoms with Crippen molar-refractivity contribution in [3.63, 3.8) is 0 Å². The number of benzene rings is 1. The molecular weight excluding hydrogens is 665 g/mol. The van der Waals surface area contributed by atoms with Crippen LogP contribution in [0.5, 0.6) is 11.5 Å². The minimum absolute atomic E-state index is 0.0986. The Morgan fingerprint density at radius 2 is 1.22 bits per heavy atom. The van der Waals surface area contributed by atoms with E-state index in [4.69, 9.17) is 74.0 Å². The molecule has 8 nitrogen and oxygen atoms in total. The normalized spacial score (nSPS) is 12.1. The first-order valence-corrected chi connectivity index (χ1v) is 18.0. The fourth-order valence-electron chi connectivity index (χ4n) is 2.39. The molecule has 0 amide bonds. The Hall–Kier alpha value is 0.1000. The van der Waals surface area contributed by atoms with Gasteiger partial charge in [0.25, 0.3) is 0 Å². The molecule has 0 atom stereocenters. The zero-order chi connectivity index (χ0) is 28.3. The molecule has 0 aliphatic carbocycles. The van der Waals surface area contributed by atoms with Crippen molar-refractivity contribution in [1.29, 1.82) is 0 Å². The molecule has 0 radical (unpaired) electrons. The summed E-state index contributed by atoms with van der Waals surface area (Å²) in [7, 11) is 0. The fraction of sp³-hybridized carbons (Fsp3) is 0.545. The molecule has 0 aliphatic rings. The van der Waals surface area contributed by atoms with Crippen LogP contribution in [0.3, 0.4) is 0 Å². The highest BCUT2D eigenvalue weighted by molar-refractivity contribution is 9.10. The second-order valence-corrected chi connectivity index (χ2v) is 15.5. The van der Waals surface area contributed by atoms with Gasteiger partial charge in [0.15, 0.2) is 5.75 Å². The van der Waals surface area contributed by atoms with Crippen LogP contribution in [0.1, 0.15) is 54.3 Å². The van der Waals surface area contributed by atoms with Crippen LogP contribution < -0.4 is 9.05 Å². The van der Waals surface area contributed by atoms with Gasteiger partial charge in [-0.05, 0) is 49.7 Å². The lowest BCUT2D eigenvalue weighted by Crippen LogP contribution is -2.15. The second kappa shape index (κ2) is 16.4. The summed E-state index contributed by atoms with van der Waals surface area (Å²) in [6.45, 7) is 9.60. The average Bonchev–Trinajstić information content (AvgIpc) is 2.78. The molecule has 37 heavy (non-hydrogen) atoms. The van der Waals surface area contributed by atoms with Crippen LogP contribution in [0.25, 0.3) is 0 Å². The van der Waals surface area contributed by atoms with Gasteiger partial charge in [-0.1, -0.05) is 44.0 Å². The molecule has 0 spiro atoms. The molecule has 0 bridgehead atoms. The molecule has 0 saturated carbocycles. The van der Waals surface area contributed by atoms with E-state index in [1.807, 2.05) is 48.5 Å². The Labute approximate surface area is 248 Å². The van der Waals surface area contributed by atoms with Gasteiger partial charge in [-0.2, -0.15) is 0 Å². The number of hydrogen-bond acceptors (Lipinski definition) is 10. The number of rotatable bonds is 12. The first-order chi connectivity index (χ1) is 17.2. The minimum atomic E-state index is -2.83. The lowest BCUT2D eigenvalue weighted by atomic mass is 9.96. The van der Waals surface area contributed by atoms with Crippen LogP contribution >= 0.6 is 52.6 Å². The van der Waals surface area contributed by atoms with Crippen molar-refractivity contribution >= 4 is 76.2 Å². The van der Waals surface area contributed by atoms with Gasteiger partial charge in [0, 0.05) is 39.6 Å². The molecule has 1 aromatic heterocycles. The Morgan fingerprint density at radius 1 is 0.784 bits per heavy atom. The third-order valence-corrected chi connectivity index (χ3v) is 10.2. The van der Waals surface area contributed by atoms with E-state index >= 15 is 0 Å².